The SMILES string of the molecule is CCOCCCNC(=NCc1cccc2c1OCCCO2)NCc1nnc(C)n1C. The van der Waals surface area contributed by atoms with Crippen molar-refractivity contribution >= 4 is 5.96 Å². The summed E-state index contributed by atoms with van der Waals surface area (Å²) in [5.74, 6) is 4.01. The van der Waals surface area contributed by atoms with Gasteiger partial charge in [0.25, 0.3) is 0 Å². The number of fused-ring (bicyclic) bond motifs is 1. The molecule has 0 amide bonds. The minimum atomic E-state index is 0.477. The molecule has 0 atom stereocenters. The molecule has 2 N–H and O–H groups in total. The first kappa shape index (κ1) is 21.9. The summed E-state index contributed by atoms with van der Waals surface area (Å²) in [7, 11) is 1.95. The Hall–Kier alpha value is -2.81. The van der Waals surface area contributed by atoms with Crippen molar-refractivity contribution in [1.29, 1.82) is 0 Å². The van der Waals surface area contributed by atoms with Crippen LogP contribution in [-0.4, -0.2) is 53.7 Å². The Morgan fingerprint density at radius 1 is 1.23 bits per heavy atom. The summed E-state index contributed by atoms with van der Waals surface area (Å²) in [6, 6.07) is 5.94. The monoisotopic (exact) mass is 416 g/mol. The maximum atomic E-state index is 5.91. The van der Waals surface area contributed by atoms with E-state index in [9.17, 15) is 0 Å². The van der Waals surface area contributed by atoms with E-state index in [0.29, 0.717) is 32.3 Å². The summed E-state index contributed by atoms with van der Waals surface area (Å²) in [6.07, 6.45) is 1.78. The molecule has 2 aromatic rings. The molecule has 1 aromatic heterocycles. The van der Waals surface area contributed by atoms with E-state index >= 15 is 0 Å². The zero-order valence-corrected chi connectivity index (χ0v) is 18.1. The van der Waals surface area contributed by atoms with Gasteiger partial charge in [0.1, 0.15) is 5.82 Å². The largest absolute Gasteiger partial charge is 0.490 e. The van der Waals surface area contributed by atoms with E-state index < -0.39 is 0 Å². The van der Waals surface area contributed by atoms with Crippen molar-refractivity contribution < 1.29 is 14.2 Å². The van der Waals surface area contributed by atoms with E-state index in [1.807, 2.05) is 43.7 Å². The van der Waals surface area contributed by atoms with Crippen LogP contribution in [0.4, 0.5) is 0 Å². The third-order valence-corrected chi connectivity index (χ3v) is 4.82. The molecule has 1 aliphatic rings. The Kier molecular flexibility index (Phi) is 8.31. The van der Waals surface area contributed by atoms with Gasteiger partial charge in [-0.05, 0) is 26.3 Å². The normalized spacial score (nSPS) is 13.8. The predicted molar refractivity (Wildman–Crippen MR) is 115 cm³/mol. The van der Waals surface area contributed by atoms with Crippen LogP contribution in [0.2, 0.25) is 0 Å². The van der Waals surface area contributed by atoms with Crippen molar-refractivity contribution in [2.24, 2.45) is 12.0 Å². The quantitative estimate of drug-likeness (QED) is 0.366. The van der Waals surface area contributed by atoms with Crippen molar-refractivity contribution in [1.82, 2.24) is 25.4 Å². The van der Waals surface area contributed by atoms with E-state index in [0.717, 1.165) is 61.3 Å². The van der Waals surface area contributed by atoms with Crippen LogP contribution in [0.1, 0.15) is 37.0 Å². The third-order valence-electron chi connectivity index (χ3n) is 4.82. The lowest BCUT2D eigenvalue weighted by atomic mass is 10.2. The van der Waals surface area contributed by atoms with Gasteiger partial charge in [0.2, 0.25) is 0 Å². The van der Waals surface area contributed by atoms with Crippen molar-refractivity contribution in [2.75, 3.05) is 33.0 Å². The van der Waals surface area contributed by atoms with Crippen molar-refractivity contribution in [3.8, 4) is 11.5 Å². The molecule has 30 heavy (non-hydrogen) atoms. The molecule has 0 fully saturated rings. The van der Waals surface area contributed by atoms with Gasteiger partial charge in [-0.15, -0.1) is 10.2 Å². The number of rotatable bonds is 9. The standard InChI is InChI=1S/C21H32N6O3/c1-4-28-11-6-10-22-21(24-15-19-26-25-16(2)27(19)3)23-14-17-8-5-9-18-20(17)30-13-7-12-29-18/h5,8-9H,4,6-7,10-15H2,1-3H3,(H2,22,23,24). The van der Waals surface area contributed by atoms with Gasteiger partial charge in [-0.2, -0.15) is 0 Å². The molecular formula is C21H32N6O3. The summed E-state index contributed by atoms with van der Waals surface area (Å²) >= 11 is 0. The number of hydrogen-bond acceptors (Lipinski definition) is 6. The molecule has 0 spiro atoms. The number of guanidine groups is 1. The predicted octanol–water partition coefficient (Wildman–Crippen LogP) is 1.95. The second-order valence-corrected chi connectivity index (χ2v) is 7.01. The molecular weight excluding hydrogens is 384 g/mol. The molecule has 9 heteroatoms. The molecule has 164 valence electrons. The number of aryl methyl sites for hydroxylation is 1. The number of nitrogens with zero attached hydrogens (tertiary/aromatic N) is 4. The average Bonchev–Trinajstić information content (AvgIpc) is 2.95. The zero-order chi connectivity index (χ0) is 21.2. The molecule has 0 saturated carbocycles. The van der Waals surface area contributed by atoms with Crippen LogP contribution >= 0.6 is 0 Å². The van der Waals surface area contributed by atoms with Gasteiger partial charge in [0, 0.05) is 38.8 Å². The fourth-order valence-corrected chi connectivity index (χ4v) is 3.01. The number of aromatic nitrogens is 3. The van der Waals surface area contributed by atoms with E-state index in [-0.39, 0.29) is 0 Å². The highest BCUT2D eigenvalue weighted by molar-refractivity contribution is 5.79. The number of benzene rings is 1. The van der Waals surface area contributed by atoms with Gasteiger partial charge in [0.05, 0.1) is 26.3 Å². The zero-order valence-electron chi connectivity index (χ0n) is 18.1. The minimum absolute atomic E-state index is 0.477. The van der Waals surface area contributed by atoms with E-state index in [1.54, 1.807) is 0 Å². The topological polar surface area (TPSA) is 94.8 Å². The van der Waals surface area contributed by atoms with Gasteiger partial charge in [-0.25, -0.2) is 4.99 Å². The van der Waals surface area contributed by atoms with Crippen LogP contribution in [0.25, 0.3) is 0 Å². The number of nitrogens with one attached hydrogen (secondary N) is 2. The Morgan fingerprint density at radius 3 is 2.90 bits per heavy atom. The summed E-state index contributed by atoms with van der Waals surface area (Å²) in [5, 5.41) is 15.0. The lowest BCUT2D eigenvalue weighted by Gasteiger charge is -2.14. The van der Waals surface area contributed by atoms with Gasteiger partial charge >= 0.3 is 0 Å². The van der Waals surface area contributed by atoms with Crippen molar-refractivity contribution in [3.63, 3.8) is 0 Å². The van der Waals surface area contributed by atoms with Crippen molar-refractivity contribution in [2.45, 2.75) is 39.8 Å². The van der Waals surface area contributed by atoms with Gasteiger partial charge < -0.3 is 29.4 Å². The van der Waals surface area contributed by atoms with E-state index in [4.69, 9.17) is 19.2 Å². The second kappa shape index (κ2) is 11.4. The molecule has 0 radical (unpaired) electrons. The molecule has 0 unspecified atom stereocenters. The summed E-state index contributed by atoms with van der Waals surface area (Å²) in [6.45, 7) is 8.47. The highest BCUT2D eigenvalue weighted by Crippen LogP contribution is 2.33. The Bertz CT molecular complexity index is 836. The Balaban J connectivity index is 1.67. The van der Waals surface area contributed by atoms with Crippen molar-refractivity contribution in [3.05, 3.63) is 35.4 Å². The number of ether oxygens (including phenoxy) is 3. The van der Waals surface area contributed by atoms with Crippen LogP contribution in [0.5, 0.6) is 11.5 Å². The third kappa shape index (κ3) is 6.09. The summed E-state index contributed by atoms with van der Waals surface area (Å²) in [4.78, 5) is 4.76. The maximum absolute atomic E-state index is 5.91. The molecule has 0 saturated heterocycles. The van der Waals surface area contributed by atoms with Crippen LogP contribution in [0.3, 0.4) is 0 Å². The van der Waals surface area contributed by atoms with Gasteiger partial charge in [-0.1, -0.05) is 12.1 Å². The van der Waals surface area contributed by atoms with Crippen LogP contribution in [0, 0.1) is 6.92 Å². The first-order chi connectivity index (χ1) is 14.7. The number of aliphatic imine (C=N–C) groups is 1. The fourth-order valence-electron chi connectivity index (χ4n) is 3.01. The van der Waals surface area contributed by atoms with E-state index in [1.165, 1.54) is 0 Å². The molecule has 1 aliphatic heterocycles. The highest BCUT2D eigenvalue weighted by atomic mass is 16.5. The molecule has 3 rings (SSSR count). The first-order valence-corrected chi connectivity index (χ1v) is 10.5. The van der Waals surface area contributed by atoms with Crippen LogP contribution in [-0.2, 0) is 24.9 Å². The van der Waals surface area contributed by atoms with Gasteiger partial charge in [0.15, 0.2) is 23.3 Å². The van der Waals surface area contributed by atoms with E-state index in [2.05, 4.69) is 20.8 Å². The van der Waals surface area contributed by atoms with Crippen LogP contribution < -0.4 is 20.1 Å². The van der Waals surface area contributed by atoms with Gasteiger partial charge in [-0.3, -0.25) is 0 Å². The lowest BCUT2D eigenvalue weighted by molar-refractivity contribution is 0.145. The molecule has 2 heterocycles. The molecule has 0 bridgehead atoms. The maximum Gasteiger partial charge on any atom is 0.191 e. The summed E-state index contributed by atoms with van der Waals surface area (Å²) < 4.78 is 19.1. The second-order valence-electron chi connectivity index (χ2n) is 7.01. The smallest absolute Gasteiger partial charge is 0.191 e. The first-order valence-electron chi connectivity index (χ1n) is 10.5. The molecule has 9 nitrogen and oxygen atoms in total. The highest BCUT2D eigenvalue weighted by Gasteiger charge is 2.14. The lowest BCUT2D eigenvalue weighted by Crippen LogP contribution is -2.38. The molecule has 1 aromatic carbocycles. The Morgan fingerprint density at radius 2 is 2.10 bits per heavy atom. The fraction of sp³-hybridized carbons (Fsp3) is 0.571. The summed E-state index contributed by atoms with van der Waals surface area (Å²) in [5.41, 5.74) is 0.999. The van der Waals surface area contributed by atoms with Crippen LogP contribution in [0.15, 0.2) is 23.2 Å². The minimum Gasteiger partial charge on any atom is -0.490 e. The number of para-hydroxylation sites is 1. The number of hydrogen-bond donors (Lipinski definition) is 2. The Labute approximate surface area is 177 Å². The molecule has 0 aliphatic carbocycles. The average molecular weight is 417 g/mol.